The molecule has 2 N–H and O–H groups in total. The van der Waals surface area contributed by atoms with E-state index >= 15 is 0 Å². The molecule has 0 aliphatic rings. The largest absolute Gasteiger partial charge is 0.496 e. The molecule has 3 aromatic heterocycles. The highest BCUT2D eigenvalue weighted by Crippen LogP contribution is 2.46. The van der Waals surface area contributed by atoms with Crippen LogP contribution in [-0.4, -0.2) is 28.7 Å². The van der Waals surface area contributed by atoms with E-state index in [1.165, 1.54) is 11.5 Å². The number of nitrogens with one attached hydrogen (secondary N) is 1. The Labute approximate surface area is 231 Å². The second kappa shape index (κ2) is 10.9. The highest BCUT2D eigenvalue weighted by molar-refractivity contribution is 7.32. The van der Waals surface area contributed by atoms with Crippen LogP contribution in [0.1, 0.15) is 29.8 Å². The fourth-order valence-electron chi connectivity index (χ4n) is 4.07. The van der Waals surface area contributed by atoms with Crippen molar-refractivity contribution >= 4 is 61.4 Å². The van der Waals surface area contributed by atoms with E-state index in [1.807, 2.05) is 56.3 Å². The Morgan fingerprint density at radius 2 is 1.74 bits per heavy atom. The summed E-state index contributed by atoms with van der Waals surface area (Å²) < 4.78 is 17.8. The Balaban J connectivity index is 1.37. The molecule has 38 heavy (non-hydrogen) atoms. The molecule has 7 nitrogen and oxygen atoms in total. The van der Waals surface area contributed by atoms with Crippen molar-refractivity contribution in [1.82, 2.24) is 4.37 Å². The van der Waals surface area contributed by atoms with Gasteiger partial charge in [0.05, 0.1) is 34.7 Å². The van der Waals surface area contributed by atoms with Crippen LogP contribution < -0.4 is 10.1 Å². The van der Waals surface area contributed by atoms with Crippen LogP contribution in [-0.2, 0) is 16.0 Å². The smallest absolute Gasteiger partial charge is 0.412 e. The number of aromatic nitrogens is 1. The van der Waals surface area contributed by atoms with E-state index in [4.69, 9.17) is 14.6 Å². The molecule has 0 aliphatic heterocycles. The third-order valence-corrected chi connectivity index (χ3v) is 9.41. The summed E-state index contributed by atoms with van der Waals surface area (Å²) in [6.07, 6.45) is -0.958. The zero-order chi connectivity index (χ0) is 26.8. The minimum absolute atomic E-state index is 0.0527. The molecule has 0 radical (unpaired) electrons. The highest BCUT2D eigenvalue weighted by atomic mass is 32.1. The molecule has 5 aromatic rings. The van der Waals surface area contributed by atoms with Crippen LogP contribution in [0.3, 0.4) is 0 Å². The van der Waals surface area contributed by atoms with Crippen LogP contribution in [0.5, 0.6) is 5.75 Å². The van der Waals surface area contributed by atoms with Gasteiger partial charge in [-0.3, -0.25) is 10.1 Å². The van der Waals surface area contributed by atoms with Gasteiger partial charge in [-0.05, 0) is 60.8 Å². The van der Waals surface area contributed by atoms with Crippen molar-refractivity contribution in [2.24, 2.45) is 0 Å². The number of hydrogen-bond donors (Lipinski definition) is 2. The van der Waals surface area contributed by atoms with E-state index < -0.39 is 12.1 Å². The van der Waals surface area contributed by atoms with E-state index in [2.05, 4.69) is 21.8 Å². The molecule has 3 heterocycles. The van der Waals surface area contributed by atoms with Gasteiger partial charge in [-0.25, -0.2) is 4.79 Å². The summed E-state index contributed by atoms with van der Waals surface area (Å²) in [5.41, 5.74) is 3.92. The third-order valence-electron chi connectivity index (χ3n) is 5.96. The molecule has 1 amide bonds. The predicted molar refractivity (Wildman–Crippen MR) is 154 cm³/mol. The van der Waals surface area contributed by atoms with Crippen molar-refractivity contribution in [3.8, 4) is 25.9 Å². The number of carboxylic acids is 1. The van der Waals surface area contributed by atoms with Gasteiger partial charge in [0.15, 0.2) is 0 Å². The van der Waals surface area contributed by atoms with Crippen LogP contribution in [0, 0.1) is 6.92 Å². The average molecular weight is 565 g/mol. The first kappa shape index (κ1) is 25.9. The molecular weight excluding hydrogens is 541 g/mol. The van der Waals surface area contributed by atoms with E-state index in [0.717, 1.165) is 40.9 Å². The summed E-state index contributed by atoms with van der Waals surface area (Å²) in [5.74, 6) is -0.235. The zero-order valence-electron chi connectivity index (χ0n) is 20.8. The molecule has 0 fully saturated rings. The number of methoxy groups -OCH3 is 1. The number of fused-ring (bicyclic) bond motifs is 1. The van der Waals surface area contributed by atoms with E-state index in [1.54, 1.807) is 35.8 Å². The number of ether oxygens (including phenoxy) is 2. The number of carboxylic acid groups (broad SMARTS) is 1. The number of aliphatic carboxylic acids is 1. The monoisotopic (exact) mass is 564 g/mol. The molecule has 0 saturated carbocycles. The van der Waals surface area contributed by atoms with Gasteiger partial charge in [-0.2, -0.15) is 4.37 Å². The maximum absolute atomic E-state index is 12.7. The molecule has 0 bridgehead atoms. The molecule has 10 heteroatoms. The second-order valence-electron chi connectivity index (χ2n) is 8.61. The Morgan fingerprint density at radius 1 is 1.03 bits per heavy atom. The van der Waals surface area contributed by atoms with Gasteiger partial charge in [0.1, 0.15) is 11.9 Å². The minimum atomic E-state index is -0.880. The fraction of sp³-hybridized carbons (Fsp3) is 0.179. The number of benzene rings is 2. The maximum atomic E-state index is 12.7. The van der Waals surface area contributed by atoms with Crippen molar-refractivity contribution in [2.45, 2.75) is 26.4 Å². The Morgan fingerprint density at radius 3 is 2.45 bits per heavy atom. The van der Waals surface area contributed by atoms with Gasteiger partial charge >= 0.3 is 12.1 Å². The zero-order valence-corrected chi connectivity index (χ0v) is 23.3. The number of hydrogen-bond acceptors (Lipinski definition) is 8. The first-order chi connectivity index (χ1) is 18.3. The number of carbonyl (C=O) groups is 2. The first-order valence-electron chi connectivity index (χ1n) is 11.7. The Hall–Kier alpha value is -3.73. The first-order valence-corrected chi connectivity index (χ1v) is 14.1. The number of carbonyl (C=O) groups excluding carboxylic acids is 1. The van der Waals surface area contributed by atoms with Crippen LogP contribution in [0.4, 0.5) is 10.5 Å². The lowest BCUT2D eigenvalue weighted by Gasteiger charge is -2.14. The third kappa shape index (κ3) is 5.42. The number of thiophene rings is 2. The standard InChI is InChI=1S/C28H24N2O5S3/c1-15-26(29-28(33)35-16(2)18-7-5-4-6-8-18)27(38-30-15)24-14-23-22(37-24)13-21(36-23)19-10-9-17(12-25(31)32)11-20(19)34-3/h4-11,13-14,16H,12H2,1-3H3,(H,29,33)(H,31,32)/t16-/m1/s1. The molecule has 2 aromatic carbocycles. The minimum Gasteiger partial charge on any atom is -0.496 e. The molecule has 0 unspecified atom stereocenters. The predicted octanol–water partition coefficient (Wildman–Crippen LogP) is 8.01. The van der Waals surface area contributed by atoms with Crippen molar-refractivity contribution < 1.29 is 24.2 Å². The molecule has 0 saturated heterocycles. The van der Waals surface area contributed by atoms with Crippen molar-refractivity contribution in [3.63, 3.8) is 0 Å². The number of rotatable bonds is 8. The van der Waals surface area contributed by atoms with Crippen LogP contribution >= 0.6 is 34.2 Å². The van der Waals surface area contributed by atoms with Crippen LogP contribution in [0.25, 0.3) is 29.6 Å². The van der Waals surface area contributed by atoms with Gasteiger partial charge < -0.3 is 14.6 Å². The van der Waals surface area contributed by atoms with E-state index in [-0.39, 0.29) is 12.5 Å². The summed E-state index contributed by atoms with van der Waals surface area (Å²) in [7, 11) is 1.59. The average Bonchev–Trinajstić information content (AvgIpc) is 3.57. The summed E-state index contributed by atoms with van der Waals surface area (Å²) in [4.78, 5) is 26.7. The summed E-state index contributed by atoms with van der Waals surface area (Å²) >= 11 is 4.61. The Bertz CT molecular complexity index is 1590. The number of amides is 1. The fourth-order valence-corrected chi connectivity index (χ4v) is 7.44. The lowest BCUT2D eigenvalue weighted by atomic mass is 10.1. The number of aryl methyl sites for hydroxylation is 1. The van der Waals surface area contributed by atoms with Gasteiger partial charge in [0, 0.05) is 19.8 Å². The van der Waals surface area contributed by atoms with Crippen molar-refractivity contribution in [3.05, 3.63) is 77.5 Å². The molecule has 0 spiro atoms. The summed E-state index contributed by atoms with van der Waals surface area (Å²) in [6, 6.07) is 19.3. The summed E-state index contributed by atoms with van der Waals surface area (Å²) in [5, 5.41) is 12.0. The second-order valence-corrected chi connectivity index (χ2v) is 11.6. The van der Waals surface area contributed by atoms with Gasteiger partial charge in [0.2, 0.25) is 0 Å². The van der Waals surface area contributed by atoms with Gasteiger partial charge in [0.25, 0.3) is 0 Å². The van der Waals surface area contributed by atoms with E-state index in [9.17, 15) is 9.59 Å². The lowest BCUT2D eigenvalue weighted by Crippen LogP contribution is -2.16. The lowest BCUT2D eigenvalue weighted by molar-refractivity contribution is -0.136. The molecule has 1 atom stereocenters. The topological polar surface area (TPSA) is 97.8 Å². The van der Waals surface area contributed by atoms with Gasteiger partial charge in [-0.1, -0.05) is 36.4 Å². The van der Waals surface area contributed by atoms with E-state index in [0.29, 0.717) is 17.0 Å². The molecule has 5 rings (SSSR count). The molecule has 0 aliphatic carbocycles. The maximum Gasteiger partial charge on any atom is 0.412 e. The van der Waals surface area contributed by atoms with Crippen LogP contribution in [0.15, 0.2) is 60.7 Å². The quantitative estimate of drug-likeness (QED) is 0.198. The number of nitrogens with zero attached hydrogens (tertiary/aromatic N) is 1. The highest BCUT2D eigenvalue weighted by Gasteiger charge is 2.21. The summed E-state index contributed by atoms with van der Waals surface area (Å²) in [6.45, 7) is 3.71. The molecule has 194 valence electrons. The Kier molecular flexibility index (Phi) is 7.46. The van der Waals surface area contributed by atoms with Crippen molar-refractivity contribution in [2.75, 3.05) is 12.4 Å². The van der Waals surface area contributed by atoms with Crippen molar-refractivity contribution in [1.29, 1.82) is 0 Å². The normalized spacial score (nSPS) is 11.9. The molecular formula is C28H24N2O5S3. The number of anilines is 1. The van der Waals surface area contributed by atoms with Crippen LogP contribution in [0.2, 0.25) is 0 Å². The SMILES string of the molecule is COc1cc(CC(=O)O)ccc1-c1cc2sc(-c3snc(C)c3NC(=O)O[C@H](C)c3ccccc3)cc2s1. The van der Waals surface area contributed by atoms with Gasteiger partial charge in [-0.15, -0.1) is 22.7 Å².